The second-order valence-electron chi connectivity index (χ2n) is 4.88. The number of hydrogen-bond donors (Lipinski definition) is 2. The Bertz CT molecular complexity index is 398. The summed E-state index contributed by atoms with van der Waals surface area (Å²) in [4.78, 5) is 11.6. The number of aromatic hydroxyl groups is 1. The molecule has 4 heteroatoms. The van der Waals surface area contributed by atoms with Crippen molar-refractivity contribution in [1.29, 1.82) is 0 Å². The summed E-state index contributed by atoms with van der Waals surface area (Å²) >= 11 is 0. The lowest BCUT2D eigenvalue weighted by Crippen LogP contribution is -2.34. The van der Waals surface area contributed by atoms with Crippen LogP contribution in [0.5, 0.6) is 5.75 Å². The van der Waals surface area contributed by atoms with E-state index in [1.165, 1.54) is 12.8 Å². The van der Waals surface area contributed by atoms with Gasteiger partial charge < -0.3 is 15.6 Å². The van der Waals surface area contributed by atoms with Gasteiger partial charge in [0.15, 0.2) is 0 Å². The van der Waals surface area contributed by atoms with Crippen LogP contribution in [-0.2, 0) is 16.0 Å². The topological polar surface area (TPSA) is 72.5 Å². The first-order valence-electron chi connectivity index (χ1n) is 6.35. The number of esters is 1. The van der Waals surface area contributed by atoms with Crippen molar-refractivity contribution in [2.75, 3.05) is 6.61 Å². The third-order valence-corrected chi connectivity index (χ3v) is 3.16. The summed E-state index contributed by atoms with van der Waals surface area (Å²) in [6.07, 6.45) is 3.91. The Balaban J connectivity index is 1.73. The number of benzene rings is 1. The fourth-order valence-corrected chi connectivity index (χ4v) is 1.81. The van der Waals surface area contributed by atoms with Gasteiger partial charge in [-0.25, -0.2) is 0 Å². The fourth-order valence-electron chi connectivity index (χ4n) is 1.81. The van der Waals surface area contributed by atoms with Gasteiger partial charge in [0, 0.05) is 0 Å². The van der Waals surface area contributed by atoms with Crippen LogP contribution in [0.4, 0.5) is 0 Å². The molecule has 1 unspecified atom stereocenters. The maximum atomic E-state index is 11.6. The van der Waals surface area contributed by atoms with Gasteiger partial charge in [0.25, 0.3) is 0 Å². The van der Waals surface area contributed by atoms with Crippen LogP contribution in [0.1, 0.15) is 24.8 Å². The van der Waals surface area contributed by atoms with Crippen LogP contribution in [0, 0.1) is 5.92 Å². The van der Waals surface area contributed by atoms with Crippen LogP contribution in [-0.4, -0.2) is 23.7 Å². The van der Waals surface area contributed by atoms with Crippen molar-refractivity contribution >= 4 is 5.97 Å². The van der Waals surface area contributed by atoms with E-state index in [0.29, 0.717) is 13.0 Å². The lowest BCUT2D eigenvalue weighted by atomic mass is 10.1. The summed E-state index contributed by atoms with van der Waals surface area (Å²) in [5, 5.41) is 9.15. The monoisotopic (exact) mass is 249 g/mol. The Labute approximate surface area is 107 Å². The zero-order valence-electron chi connectivity index (χ0n) is 10.3. The maximum Gasteiger partial charge on any atom is 0.323 e. The number of ether oxygens (including phenoxy) is 1. The average Bonchev–Trinajstić information content (AvgIpc) is 3.16. The molecule has 1 atom stereocenters. The van der Waals surface area contributed by atoms with Gasteiger partial charge in [-0.05, 0) is 36.5 Å². The molecule has 0 spiro atoms. The quantitative estimate of drug-likeness (QED) is 0.751. The molecule has 4 nitrogen and oxygen atoms in total. The first kappa shape index (κ1) is 12.9. The highest BCUT2D eigenvalue weighted by atomic mass is 16.5. The van der Waals surface area contributed by atoms with E-state index < -0.39 is 6.04 Å². The first-order valence-corrected chi connectivity index (χ1v) is 6.35. The number of nitrogens with two attached hydrogens (primary N) is 1. The Kier molecular flexibility index (Phi) is 4.20. The normalized spacial score (nSPS) is 16.3. The van der Waals surface area contributed by atoms with Gasteiger partial charge in [0.2, 0.25) is 0 Å². The number of rotatable bonds is 6. The molecule has 1 aromatic carbocycles. The molecule has 0 heterocycles. The largest absolute Gasteiger partial charge is 0.508 e. The summed E-state index contributed by atoms with van der Waals surface area (Å²) in [7, 11) is 0. The number of hydrogen-bond acceptors (Lipinski definition) is 4. The van der Waals surface area contributed by atoms with Crippen LogP contribution in [0.15, 0.2) is 24.3 Å². The molecule has 1 aliphatic rings. The Morgan fingerprint density at radius 2 is 2.06 bits per heavy atom. The maximum absolute atomic E-state index is 11.6. The smallest absolute Gasteiger partial charge is 0.323 e. The lowest BCUT2D eigenvalue weighted by molar-refractivity contribution is -0.145. The van der Waals surface area contributed by atoms with Gasteiger partial charge in [-0.3, -0.25) is 4.79 Å². The van der Waals surface area contributed by atoms with E-state index >= 15 is 0 Å². The molecule has 0 bridgehead atoms. The number of phenols is 1. The van der Waals surface area contributed by atoms with Crippen LogP contribution in [0.3, 0.4) is 0 Å². The van der Waals surface area contributed by atoms with E-state index in [2.05, 4.69) is 0 Å². The summed E-state index contributed by atoms with van der Waals surface area (Å²) < 4.78 is 5.14. The van der Waals surface area contributed by atoms with Gasteiger partial charge >= 0.3 is 5.97 Å². The molecule has 1 fully saturated rings. The fraction of sp³-hybridized carbons (Fsp3) is 0.500. The average molecular weight is 249 g/mol. The van der Waals surface area contributed by atoms with Crippen molar-refractivity contribution in [3.63, 3.8) is 0 Å². The highest BCUT2D eigenvalue weighted by Crippen LogP contribution is 2.32. The molecule has 0 saturated heterocycles. The van der Waals surface area contributed by atoms with Crippen molar-refractivity contribution in [2.24, 2.45) is 11.7 Å². The second kappa shape index (κ2) is 5.87. The molecule has 3 N–H and O–H groups in total. The highest BCUT2D eigenvalue weighted by Gasteiger charge is 2.22. The Morgan fingerprint density at radius 3 is 2.67 bits per heavy atom. The molecule has 1 aliphatic carbocycles. The predicted molar refractivity (Wildman–Crippen MR) is 68.1 cm³/mol. The van der Waals surface area contributed by atoms with Crippen molar-refractivity contribution in [3.05, 3.63) is 29.8 Å². The van der Waals surface area contributed by atoms with E-state index in [0.717, 1.165) is 17.9 Å². The Morgan fingerprint density at radius 1 is 1.39 bits per heavy atom. The standard InChI is InChI=1S/C14H19NO3/c15-13(9-11-3-5-12(16)6-4-11)14(17)18-8-7-10-1-2-10/h3-6,10,13,16H,1-2,7-9,15H2. The highest BCUT2D eigenvalue weighted by molar-refractivity contribution is 5.75. The van der Waals surface area contributed by atoms with E-state index in [1.54, 1.807) is 24.3 Å². The molecule has 1 aromatic rings. The second-order valence-corrected chi connectivity index (χ2v) is 4.88. The van der Waals surface area contributed by atoms with Gasteiger partial charge in [-0.15, -0.1) is 0 Å². The lowest BCUT2D eigenvalue weighted by Gasteiger charge is -2.11. The molecular weight excluding hydrogens is 230 g/mol. The number of carbonyl (C=O) groups excluding carboxylic acids is 1. The zero-order chi connectivity index (χ0) is 13.0. The molecule has 2 rings (SSSR count). The molecule has 0 radical (unpaired) electrons. The van der Waals surface area contributed by atoms with E-state index in [9.17, 15) is 4.79 Å². The Hall–Kier alpha value is -1.55. The van der Waals surface area contributed by atoms with Crippen molar-refractivity contribution in [3.8, 4) is 5.75 Å². The molecule has 0 amide bonds. The summed E-state index contributed by atoms with van der Waals surface area (Å²) in [6, 6.07) is 6.05. The minimum Gasteiger partial charge on any atom is -0.508 e. The van der Waals surface area contributed by atoms with Crippen molar-refractivity contribution < 1.29 is 14.6 Å². The van der Waals surface area contributed by atoms with Crippen LogP contribution >= 0.6 is 0 Å². The van der Waals surface area contributed by atoms with E-state index in [-0.39, 0.29) is 11.7 Å². The zero-order valence-corrected chi connectivity index (χ0v) is 10.3. The number of carbonyl (C=O) groups is 1. The van der Waals surface area contributed by atoms with Crippen molar-refractivity contribution in [1.82, 2.24) is 0 Å². The molecule has 0 aliphatic heterocycles. The van der Waals surface area contributed by atoms with E-state index in [1.807, 2.05) is 0 Å². The number of phenolic OH excluding ortho intramolecular Hbond substituents is 1. The van der Waals surface area contributed by atoms with Gasteiger partial charge in [0.1, 0.15) is 11.8 Å². The van der Waals surface area contributed by atoms with Crippen LogP contribution < -0.4 is 5.73 Å². The minimum absolute atomic E-state index is 0.208. The van der Waals surface area contributed by atoms with Gasteiger partial charge in [-0.2, -0.15) is 0 Å². The first-order chi connectivity index (χ1) is 8.65. The predicted octanol–water partition coefficient (Wildman–Crippen LogP) is 1.61. The van der Waals surface area contributed by atoms with Crippen molar-refractivity contribution in [2.45, 2.75) is 31.7 Å². The summed E-state index contributed by atoms with van der Waals surface area (Å²) in [6.45, 7) is 0.479. The SMILES string of the molecule is NC(Cc1ccc(O)cc1)C(=O)OCCC1CC1. The van der Waals surface area contributed by atoms with Gasteiger partial charge in [0.05, 0.1) is 6.61 Å². The minimum atomic E-state index is -0.631. The molecule has 0 aromatic heterocycles. The molecule has 1 saturated carbocycles. The van der Waals surface area contributed by atoms with Gasteiger partial charge in [-0.1, -0.05) is 25.0 Å². The molecule has 18 heavy (non-hydrogen) atoms. The third kappa shape index (κ3) is 4.04. The third-order valence-electron chi connectivity index (χ3n) is 3.16. The van der Waals surface area contributed by atoms with Crippen LogP contribution in [0.2, 0.25) is 0 Å². The molecular formula is C14H19NO3. The summed E-state index contributed by atoms with van der Waals surface area (Å²) in [5.41, 5.74) is 6.70. The molecule has 98 valence electrons. The van der Waals surface area contributed by atoms with E-state index in [4.69, 9.17) is 15.6 Å². The van der Waals surface area contributed by atoms with Crippen LogP contribution in [0.25, 0.3) is 0 Å². The summed E-state index contributed by atoms with van der Waals surface area (Å²) in [5.74, 6) is 0.620.